The average Bonchev–Trinajstić information content (AvgIpc) is 2.44. The van der Waals surface area contributed by atoms with Crippen molar-refractivity contribution < 1.29 is 0 Å². The van der Waals surface area contributed by atoms with Gasteiger partial charge in [-0.15, -0.1) is 0 Å². The summed E-state index contributed by atoms with van der Waals surface area (Å²) in [6.45, 7) is 3.25. The van der Waals surface area contributed by atoms with Gasteiger partial charge < -0.3 is 5.32 Å². The molecule has 0 saturated heterocycles. The van der Waals surface area contributed by atoms with Crippen LogP contribution in [0.5, 0.6) is 0 Å². The topological polar surface area (TPSA) is 24.9 Å². The fourth-order valence-electron chi connectivity index (χ4n) is 3.03. The molecule has 1 aromatic carbocycles. The summed E-state index contributed by atoms with van der Waals surface area (Å²) < 4.78 is 0. The number of pyridine rings is 1. The Kier molecular flexibility index (Phi) is 4.12. The van der Waals surface area contributed by atoms with Crippen LogP contribution in [0, 0.1) is 6.92 Å². The Morgan fingerprint density at radius 1 is 1.10 bits per heavy atom. The van der Waals surface area contributed by atoms with Crippen molar-refractivity contribution >= 4 is 0 Å². The molecule has 0 atom stereocenters. The summed E-state index contributed by atoms with van der Waals surface area (Å²) >= 11 is 0. The lowest BCUT2D eigenvalue weighted by molar-refractivity contribution is 0.292. The van der Waals surface area contributed by atoms with Crippen LogP contribution in [0.3, 0.4) is 0 Å². The van der Waals surface area contributed by atoms with Crippen LogP contribution >= 0.6 is 0 Å². The largest absolute Gasteiger partial charge is 0.314 e. The first-order chi connectivity index (χ1) is 9.83. The van der Waals surface area contributed by atoms with E-state index in [9.17, 15) is 0 Å². The van der Waals surface area contributed by atoms with Gasteiger partial charge in [0.2, 0.25) is 0 Å². The van der Waals surface area contributed by atoms with Gasteiger partial charge in [0.1, 0.15) is 0 Å². The van der Waals surface area contributed by atoms with Crippen LogP contribution in [0.15, 0.2) is 48.7 Å². The highest BCUT2D eigenvalue weighted by molar-refractivity contribution is 5.31. The number of hydrogen-bond acceptors (Lipinski definition) is 2. The molecule has 1 aliphatic carbocycles. The molecule has 1 heterocycles. The molecule has 2 heteroatoms. The van der Waals surface area contributed by atoms with Crippen molar-refractivity contribution in [3.05, 3.63) is 65.5 Å². The summed E-state index contributed by atoms with van der Waals surface area (Å²) in [4.78, 5) is 4.35. The van der Waals surface area contributed by atoms with Crippen molar-refractivity contribution in [1.29, 1.82) is 0 Å². The van der Waals surface area contributed by atoms with E-state index in [2.05, 4.69) is 53.6 Å². The fourth-order valence-corrected chi connectivity index (χ4v) is 3.03. The molecular weight excluding hydrogens is 244 g/mol. The lowest BCUT2D eigenvalue weighted by Crippen LogP contribution is -2.41. The molecule has 1 N–H and O–H groups in total. The van der Waals surface area contributed by atoms with Crippen LogP contribution < -0.4 is 5.32 Å². The predicted molar refractivity (Wildman–Crippen MR) is 82.9 cm³/mol. The standard InChI is InChI=1S/C18H22N2/c1-14-6-2-3-8-18(14)15-12-17(13-15)20-11-9-16-7-4-5-10-19-16/h2-8,10,15,17,20H,9,11-13H2,1H3. The van der Waals surface area contributed by atoms with Crippen molar-refractivity contribution in [3.63, 3.8) is 0 Å². The van der Waals surface area contributed by atoms with Crippen molar-refractivity contribution in [3.8, 4) is 0 Å². The zero-order chi connectivity index (χ0) is 13.8. The van der Waals surface area contributed by atoms with Crippen molar-refractivity contribution in [1.82, 2.24) is 10.3 Å². The molecule has 0 radical (unpaired) electrons. The molecule has 20 heavy (non-hydrogen) atoms. The van der Waals surface area contributed by atoms with E-state index in [1.54, 1.807) is 0 Å². The minimum absolute atomic E-state index is 0.684. The number of benzene rings is 1. The highest BCUT2D eigenvalue weighted by Gasteiger charge is 2.30. The molecule has 2 aromatic rings. The third-order valence-corrected chi connectivity index (χ3v) is 4.31. The lowest BCUT2D eigenvalue weighted by Gasteiger charge is -2.37. The number of rotatable bonds is 5. The predicted octanol–water partition coefficient (Wildman–Crippen LogP) is 3.47. The molecule has 1 fully saturated rings. The second-order valence-corrected chi connectivity index (χ2v) is 5.75. The summed E-state index contributed by atoms with van der Waals surface area (Å²) in [5.41, 5.74) is 4.15. The van der Waals surface area contributed by atoms with Gasteiger partial charge in [-0.2, -0.15) is 0 Å². The van der Waals surface area contributed by atoms with Crippen molar-refractivity contribution in [2.24, 2.45) is 0 Å². The SMILES string of the molecule is Cc1ccccc1C1CC(NCCc2ccccn2)C1. The van der Waals surface area contributed by atoms with Gasteiger partial charge >= 0.3 is 0 Å². The average molecular weight is 266 g/mol. The summed E-state index contributed by atoms with van der Waals surface area (Å²) in [7, 11) is 0. The van der Waals surface area contributed by atoms with Crippen LogP contribution in [0.25, 0.3) is 0 Å². The van der Waals surface area contributed by atoms with Crippen LogP contribution in [0.4, 0.5) is 0 Å². The highest BCUT2D eigenvalue weighted by atomic mass is 14.9. The number of hydrogen-bond donors (Lipinski definition) is 1. The van der Waals surface area contributed by atoms with Gasteiger partial charge in [-0.05, 0) is 48.9 Å². The van der Waals surface area contributed by atoms with Gasteiger partial charge in [-0.25, -0.2) is 0 Å². The number of nitrogens with one attached hydrogen (secondary N) is 1. The lowest BCUT2D eigenvalue weighted by atomic mass is 9.74. The smallest absolute Gasteiger partial charge is 0.0416 e. The molecular formula is C18H22N2. The van der Waals surface area contributed by atoms with Crippen LogP contribution in [-0.4, -0.2) is 17.6 Å². The summed E-state index contributed by atoms with van der Waals surface area (Å²) in [6, 6.07) is 15.6. The van der Waals surface area contributed by atoms with Crippen LogP contribution in [0.1, 0.15) is 35.6 Å². The number of aryl methyl sites for hydroxylation is 1. The maximum Gasteiger partial charge on any atom is 0.0416 e. The number of nitrogens with zero attached hydrogens (tertiary/aromatic N) is 1. The Labute approximate surface area is 121 Å². The summed E-state index contributed by atoms with van der Waals surface area (Å²) in [5.74, 6) is 0.753. The van der Waals surface area contributed by atoms with E-state index in [-0.39, 0.29) is 0 Å². The maximum atomic E-state index is 4.35. The first-order valence-corrected chi connectivity index (χ1v) is 7.52. The molecule has 0 amide bonds. The van der Waals surface area contributed by atoms with Gasteiger partial charge in [-0.1, -0.05) is 30.3 Å². The quantitative estimate of drug-likeness (QED) is 0.896. The molecule has 0 aliphatic heterocycles. The van der Waals surface area contributed by atoms with Crippen molar-refractivity contribution in [2.75, 3.05) is 6.54 Å². The summed E-state index contributed by atoms with van der Waals surface area (Å²) in [5, 5.41) is 3.65. The molecule has 1 aromatic heterocycles. The van der Waals surface area contributed by atoms with E-state index < -0.39 is 0 Å². The molecule has 3 rings (SSSR count). The Morgan fingerprint density at radius 2 is 1.90 bits per heavy atom. The second kappa shape index (κ2) is 6.19. The van der Waals surface area contributed by atoms with Gasteiger partial charge in [-0.3, -0.25) is 4.98 Å². The van der Waals surface area contributed by atoms with E-state index in [1.807, 2.05) is 12.3 Å². The monoisotopic (exact) mass is 266 g/mol. The second-order valence-electron chi connectivity index (χ2n) is 5.75. The Morgan fingerprint density at radius 3 is 2.65 bits per heavy atom. The molecule has 0 bridgehead atoms. The normalized spacial score (nSPS) is 21.4. The van der Waals surface area contributed by atoms with Crippen molar-refractivity contribution in [2.45, 2.75) is 38.1 Å². The maximum absolute atomic E-state index is 4.35. The highest BCUT2D eigenvalue weighted by Crippen LogP contribution is 2.38. The minimum atomic E-state index is 0.684. The van der Waals surface area contributed by atoms with E-state index in [0.29, 0.717) is 6.04 Å². The third-order valence-electron chi connectivity index (χ3n) is 4.31. The first-order valence-electron chi connectivity index (χ1n) is 7.52. The minimum Gasteiger partial charge on any atom is -0.314 e. The Hall–Kier alpha value is -1.67. The zero-order valence-electron chi connectivity index (χ0n) is 12.0. The zero-order valence-corrected chi connectivity index (χ0v) is 12.0. The molecule has 1 saturated carbocycles. The van der Waals surface area contributed by atoms with E-state index in [4.69, 9.17) is 0 Å². The molecule has 2 nitrogen and oxygen atoms in total. The van der Waals surface area contributed by atoms with Crippen LogP contribution in [0.2, 0.25) is 0 Å². The van der Waals surface area contributed by atoms with Gasteiger partial charge in [0.25, 0.3) is 0 Å². The third kappa shape index (κ3) is 3.07. The van der Waals surface area contributed by atoms with E-state index in [0.717, 1.165) is 18.9 Å². The summed E-state index contributed by atoms with van der Waals surface area (Å²) in [6.07, 6.45) is 5.43. The Bertz CT molecular complexity index is 544. The fraction of sp³-hybridized carbons (Fsp3) is 0.389. The van der Waals surface area contributed by atoms with E-state index >= 15 is 0 Å². The first kappa shape index (κ1) is 13.3. The molecule has 0 unspecified atom stereocenters. The van der Waals surface area contributed by atoms with Gasteiger partial charge in [0, 0.05) is 30.9 Å². The Balaban J connectivity index is 1.42. The van der Waals surface area contributed by atoms with Gasteiger partial charge in [0.05, 0.1) is 0 Å². The molecule has 0 spiro atoms. The molecule has 1 aliphatic rings. The molecule has 104 valence electrons. The number of aromatic nitrogens is 1. The van der Waals surface area contributed by atoms with E-state index in [1.165, 1.54) is 29.7 Å². The van der Waals surface area contributed by atoms with Gasteiger partial charge in [0.15, 0.2) is 0 Å². The van der Waals surface area contributed by atoms with Crippen LogP contribution in [-0.2, 0) is 6.42 Å².